The molecule has 1 N–H and O–H groups in total. The molecular weight excluding hydrogens is 144 g/mol. The Morgan fingerprint density at radius 2 is 2.36 bits per heavy atom. The van der Waals surface area contributed by atoms with E-state index in [9.17, 15) is 4.79 Å². The molecule has 11 heavy (non-hydrogen) atoms. The molecule has 0 fully saturated rings. The molecule has 0 spiro atoms. The van der Waals surface area contributed by atoms with Crippen LogP contribution in [0, 0.1) is 0 Å². The number of nitrogens with one attached hydrogen (secondary N) is 1. The van der Waals surface area contributed by atoms with E-state index >= 15 is 0 Å². The van der Waals surface area contributed by atoms with Crippen LogP contribution in [0.4, 0.5) is 0 Å². The summed E-state index contributed by atoms with van der Waals surface area (Å²) in [5.74, 6) is 0. The van der Waals surface area contributed by atoms with Crippen molar-refractivity contribution in [2.75, 3.05) is 0 Å². The Hall–Kier alpha value is -1.65. The molecule has 2 aromatic rings. The molecule has 0 atom stereocenters. The SMILES string of the molecule is Cn1ncc2[nH]ncc2c1=O. The van der Waals surface area contributed by atoms with E-state index in [-0.39, 0.29) is 5.56 Å². The number of aromatic amines is 1. The summed E-state index contributed by atoms with van der Waals surface area (Å²) in [7, 11) is 1.61. The molecule has 0 saturated heterocycles. The zero-order valence-corrected chi connectivity index (χ0v) is 5.90. The third kappa shape index (κ3) is 0.739. The van der Waals surface area contributed by atoms with Crippen molar-refractivity contribution in [1.29, 1.82) is 0 Å². The van der Waals surface area contributed by atoms with Gasteiger partial charge in [0.25, 0.3) is 5.56 Å². The van der Waals surface area contributed by atoms with Gasteiger partial charge < -0.3 is 0 Å². The minimum Gasteiger partial charge on any atom is -0.276 e. The van der Waals surface area contributed by atoms with Crippen LogP contribution in [-0.4, -0.2) is 20.0 Å². The van der Waals surface area contributed by atoms with Gasteiger partial charge in [-0.1, -0.05) is 0 Å². The van der Waals surface area contributed by atoms with Gasteiger partial charge in [-0.25, -0.2) is 4.68 Å². The number of nitrogens with zero attached hydrogens (tertiary/aromatic N) is 3. The fourth-order valence-electron chi connectivity index (χ4n) is 0.936. The van der Waals surface area contributed by atoms with Gasteiger partial charge in [0.2, 0.25) is 0 Å². The second kappa shape index (κ2) is 1.91. The monoisotopic (exact) mass is 150 g/mol. The molecule has 0 bridgehead atoms. The van der Waals surface area contributed by atoms with E-state index in [0.717, 1.165) is 0 Å². The fraction of sp³-hybridized carbons (Fsp3) is 0.167. The van der Waals surface area contributed by atoms with E-state index in [0.29, 0.717) is 10.9 Å². The Balaban J connectivity index is 3.05. The quantitative estimate of drug-likeness (QED) is 0.558. The fourth-order valence-corrected chi connectivity index (χ4v) is 0.936. The Bertz CT molecular complexity index is 441. The molecule has 0 aromatic carbocycles. The number of hydrogen-bond acceptors (Lipinski definition) is 3. The van der Waals surface area contributed by atoms with Gasteiger partial charge in [0.05, 0.1) is 23.3 Å². The number of rotatable bonds is 0. The van der Waals surface area contributed by atoms with Gasteiger partial charge in [0, 0.05) is 7.05 Å². The van der Waals surface area contributed by atoms with E-state index in [1.165, 1.54) is 10.9 Å². The first-order chi connectivity index (χ1) is 5.29. The van der Waals surface area contributed by atoms with Crippen molar-refractivity contribution < 1.29 is 0 Å². The molecule has 0 amide bonds. The number of aryl methyl sites for hydroxylation is 1. The largest absolute Gasteiger partial charge is 0.277 e. The molecular formula is C6H6N4O. The molecule has 0 radical (unpaired) electrons. The van der Waals surface area contributed by atoms with Crippen LogP contribution in [0.5, 0.6) is 0 Å². The van der Waals surface area contributed by atoms with Gasteiger partial charge in [-0.15, -0.1) is 0 Å². The molecule has 0 aliphatic carbocycles. The summed E-state index contributed by atoms with van der Waals surface area (Å²) < 4.78 is 1.28. The van der Waals surface area contributed by atoms with Crippen molar-refractivity contribution >= 4 is 10.9 Å². The predicted molar refractivity (Wildman–Crippen MR) is 39.1 cm³/mol. The lowest BCUT2D eigenvalue weighted by molar-refractivity contribution is 0.718. The van der Waals surface area contributed by atoms with Crippen LogP contribution in [0.25, 0.3) is 10.9 Å². The maximum absolute atomic E-state index is 11.2. The standard InChI is InChI=1S/C6H6N4O/c1-10-6(11)4-2-7-9-5(4)3-8-10/h2-3H,1H3,(H,7,9). The van der Waals surface area contributed by atoms with Crippen LogP contribution in [-0.2, 0) is 7.05 Å². The minimum atomic E-state index is -0.128. The number of aromatic nitrogens is 4. The van der Waals surface area contributed by atoms with Gasteiger partial charge in [-0.05, 0) is 0 Å². The summed E-state index contributed by atoms with van der Waals surface area (Å²) in [4.78, 5) is 11.2. The number of hydrogen-bond donors (Lipinski definition) is 1. The molecule has 0 unspecified atom stereocenters. The summed E-state index contributed by atoms with van der Waals surface area (Å²) >= 11 is 0. The molecule has 0 aliphatic rings. The zero-order valence-electron chi connectivity index (χ0n) is 5.90. The van der Waals surface area contributed by atoms with E-state index in [1.807, 2.05) is 0 Å². The third-order valence-corrected chi connectivity index (χ3v) is 1.55. The minimum absolute atomic E-state index is 0.128. The lowest BCUT2D eigenvalue weighted by atomic mass is 10.4. The van der Waals surface area contributed by atoms with Crippen molar-refractivity contribution in [2.45, 2.75) is 0 Å². The molecule has 0 saturated carbocycles. The maximum atomic E-state index is 11.2. The van der Waals surface area contributed by atoms with E-state index in [1.54, 1.807) is 13.2 Å². The average Bonchev–Trinajstić information content (AvgIpc) is 2.45. The molecule has 56 valence electrons. The highest BCUT2D eigenvalue weighted by Crippen LogP contribution is 1.99. The topological polar surface area (TPSA) is 63.6 Å². The molecule has 2 rings (SSSR count). The molecule has 2 heterocycles. The Morgan fingerprint density at radius 3 is 3.18 bits per heavy atom. The van der Waals surface area contributed by atoms with Crippen molar-refractivity contribution in [2.24, 2.45) is 7.05 Å². The van der Waals surface area contributed by atoms with Gasteiger partial charge in [-0.3, -0.25) is 9.89 Å². The number of fused-ring (bicyclic) bond motifs is 1. The summed E-state index contributed by atoms with van der Waals surface area (Å²) in [5, 5.41) is 10.8. The van der Waals surface area contributed by atoms with Gasteiger partial charge in [0.15, 0.2) is 0 Å². The second-order valence-electron chi connectivity index (χ2n) is 2.27. The Labute approximate surface area is 61.7 Å². The zero-order chi connectivity index (χ0) is 7.84. The number of H-pyrrole nitrogens is 1. The highest BCUT2D eigenvalue weighted by Gasteiger charge is 2.00. The second-order valence-corrected chi connectivity index (χ2v) is 2.27. The first-order valence-electron chi connectivity index (χ1n) is 3.14. The molecule has 2 aromatic heterocycles. The van der Waals surface area contributed by atoms with Crippen molar-refractivity contribution in [3.63, 3.8) is 0 Å². The Kier molecular flexibility index (Phi) is 1.06. The summed E-state index contributed by atoms with van der Waals surface area (Å²) in [6, 6.07) is 0. The maximum Gasteiger partial charge on any atom is 0.277 e. The van der Waals surface area contributed by atoms with Crippen LogP contribution in [0.1, 0.15) is 0 Å². The van der Waals surface area contributed by atoms with Gasteiger partial charge in [0.1, 0.15) is 0 Å². The van der Waals surface area contributed by atoms with Gasteiger partial charge in [-0.2, -0.15) is 10.2 Å². The highest BCUT2D eigenvalue weighted by atomic mass is 16.1. The predicted octanol–water partition coefficient (Wildman–Crippen LogP) is -0.343. The van der Waals surface area contributed by atoms with Crippen LogP contribution in [0.2, 0.25) is 0 Å². The average molecular weight is 150 g/mol. The van der Waals surface area contributed by atoms with Crippen LogP contribution < -0.4 is 5.56 Å². The smallest absolute Gasteiger partial charge is 0.276 e. The highest BCUT2D eigenvalue weighted by molar-refractivity contribution is 5.75. The summed E-state index contributed by atoms with van der Waals surface area (Å²) in [5.41, 5.74) is 0.546. The van der Waals surface area contributed by atoms with Crippen molar-refractivity contribution in [3.8, 4) is 0 Å². The first-order valence-corrected chi connectivity index (χ1v) is 3.14. The molecule has 0 aliphatic heterocycles. The molecule has 5 nitrogen and oxygen atoms in total. The third-order valence-electron chi connectivity index (χ3n) is 1.55. The summed E-state index contributed by atoms with van der Waals surface area (Å²) in [6.45, 7) is 0. The normalized spacial score (nSPS) is 10.6. The van der Waals surface area contributed by atoms with E-state index in [4.69, 9.17) is 0 Å². The van der Waals surface area contributed by atoms with Crippen LogP contribution in [0.3, 0.4) is 0 Å². The van der Waals surface area contributed by atoms with Crippen LogP contribution in [0.15, 0.2) is 17.2 Å². The van der Waals surface area contributed by atoms with Crippen LogP contribution >= 0.6 is 0 Å². The Morgan fingerprint density at radius 1 is 1.55 bits per heavy atom. The lowest BCUT2D eigenvalue weighted by Gasteiger charge is -1.92. The lowest BCUT2D eigenvalue weighted by Crippen LogP contribution is -2.18. The van der Waals surface area contributed by atoms with E-state index < -0.39 is 0 Å². The van der Waals surface area contributed by atoms with E-state index in [2.05, 4.69) is 15.3 Å². The summed E-state index contributed by atoms with van der Waals surface area (Å²) in [6.07, 6.45) is 3.07. The first kappa shape index (κ1) is 6.09. The van der Waals surface area contributed by atoms with Gasteiger partial charge >= 0.3 is 0 Å². The van der Waals surface area contributed by atoms with Crippen molar-refractivity contribution in [1.82, 2.24) is 20.0 Å². The molecule has 5 heteroatoms. The van der Waals surface area contributed by atoms with Crippen molar-refractivity contribution in [3.05, 3.63) is 22.7 Å².